The van der Waals surface area contributed by atoms with Crippen LogP contribution >= 0.6 is 11.6 Å². The van der Waals surface area contributed by atoms with Crippen molar-refractivity contribution in [3.63, 3.8) is 0 Å². The Balaban J connectivity index is 2.26. The molecule has 2 aromatic rings. The highest BCUT2D eigenvalue weighted by molar-refractivity contribution is 6.31. The summed E-state index contributed by atoms with van der Waals surface area (Å²) >= 11 is 6.17. The van der Waals surface area contributed by atoms with E-state index in [9.17, 15) is 0 Å². The van der Waals surface area contributed by atoms with Gasteiger partial charge in [0.1, 0.15) is 0 Å². The number of rotatable bonds is 4. The minimum absolute atomic E-state index is 0.235. The average molecular weight is 261 g/mol. The van der Waals surface area contributed by atoms with Crippen LogP contribution in [-0.4, -0.2) is 12.0 Å². The van der Waals surface area contributed by atoms with Gasteiger partial charge < -0.3 is 5.32 Å². The Bertz CT molecular complexity index is 511. The van der Waals surface area contributed by atoms with Crippen LogP contribution in [0.3, 0.4) is 0 Å². The Kier molecular flexibility index (Phi) is 4.34. The third-order valence-corrected chi connectivity index (χ3v) is 3.58. The molecule has 0 aliphatic rings. The van der Waals surface area contributed by atoms with Crippen LogP contribution in [0.25, 0.3) is 0 Å². The highest BCUT2D eigenvalue weighted by atomic mass is 35.5. The van der Waals surface area contributed by atoms with Crippen molar-refractivity contribution in [1.82, 2.24) is 10.3 Å². The van der Waals surface area contributed by atoms with Gasteiger partial charge in [0.05, 0.1) is 0 Å². The molecule has 0 aliphatic carbocycles. The van der Waals surface area contributed by atoms with Crippen LogP contribution in [0.5, 0.6) is 0 Å². The number of aromatic nitrogens is 1. The van der Waals surface area contributed by atoms with Crippen molar-refractivity contribution in [1.29, 1.82) is 0 Å². The first-order chi connectivity index (χ1) is 8.72. The Labute approximate surface area is 113 Å². The van der Waals surface area contributed by atoms with Crippen molar-refractivity contribution >= 4 is 11.6 Å². The van der Waals surface area contributed by atoms with Gasteiger partial charge in [0.15, 0.2) is 0 Å². The molecule has 0 radical (unpaired) electrons. The van der Waals surface area contributed by atoms with Gasteiger partial charge in [0.25, 0.3) is 0 Å². The summed E-state index contributed by atoms with van der Waals surface area (Å²) in [4.78, 5) is 4.37. The lowest BCUT2D eigenvalue weighted by Gasteiger charge is -2.19. The van der Waals surface area contributed by atoms with Gasteiger partial charge in [0.2, 0.25) is 0 Å². The van der Waals surface area contributed by atoms with Crippen molar-refractivity contribution in [3.05, 3.63) is 64.4 Å². The minimum atomic E-state index is 0.235. The maximum Gasteiger partial charge on any atom is 0.0438 e. The molecule has 0 saturated heterocycles. The van der Waals surface area contributed by atoms with Crippen LogP contribution < -0.4 is 5.32 Å². The van der Waals surface area contributed by atoms with Gasteiger partial charge in [-0.2, -0.15) is 0 Å². The molecule has 18 heavy (non-hydrogen) atoms. The fourth-order valence-electron chi connectivity index (χ4n) is 2.10. The number of nitrogens with zero attached hydrogens (tertiary/aromatic N) is 1. The van der Waals surface area contributed by atoms with Crippen LogP contribution in [0.2, 0.25) is 5.02 Å². The second-order valence-corrected chi connectivity index (χ2v) is 4.73. The summed E-state index contributed by atoms with van der Waals surface area (Å²) in [6, 6.07) is 12.3. The monoisotopic (exact) mass is 260 g/mol. The molecular formula is C15H17ClN2. The van der Waals surface area contributed by atoms with E-state index in [-0.39, 0.29) is 6.04 Å². The van der Waals surface area contributed by atoms with Crippen LogP contribution in [0.15, 0.2) is 42.6 Å². The zero-order valence-electron chi connectivity index (χ0n) is 10.7. The third kappa shape index (κ3) is 2.89. The molecule has 0 spiro atoms. The SMILES string of the molecule is CNC(Cc1ccccn1)c1cccc(Cl)c1C. The number of likely N-dealkylation sites (N-methyl/N-ethyl adjacent to an activating group) is 1. The van der Waals surface area contributed by atoms with Crippen molar-refractivity contribution < 1.29 is 0 Å². The van der Waals surface area contributed by atoms with E-state index in [4.69, 9.17) is 11.6 Å². The van der Waals surface area contributed by atoms with E-state index in [0.29, 0.717) is 0 Å². The molecule has 2 rings (SSSR count). The van der Waals surface area contributed by atoms with Crippen molar-refractivity contribution in [2.45, 2.75) is 19.4 Å². The fourth-order valence-corrected chi connectivity index (χ4v) is 2.28. The van der Waals surface area contributed by atoms with Crippen LogP contribution in [0, 0.1) is 6.92 Å². The van der Waals surface area contributed by atoms with E-state index >= 15 is 0 Å². The predicted molar refractivity (Wildman–Crippen MR) is 75.9 cm³/mol. The number of benzene rings is 1. The fraction of sp³-hybridized carbons (Fsp3) is 0.267. The van der Waals surface area contributed by atoms with Crippen LogP contribution in [0.4, 0.5) is 0 Å². The van der Waals surface area contributed by atoms with E-state index < -0.39 is 0 Å². The zero-order valence-corrected chi connectivity index (χ0v) is 11.4. The second-order valence-electron chi connectivity index (χ2n) is 4.32. The minimum Gasteiger partial charge on any atom is -0.313 e. The number of halogens is 1. The standard InChI is InChI=1S/C15H17ClN2/c1-11-13(7-5-8-14(11)16)15(17-2)10-12-6-3-4-9-18-12/h3-9,15,17H,10H2,1-2H3. The molecule has 0 fully saturated rings. The first-order valence-corrected chi connectivity index (χ1v) is 6.42. The average Bonchev–Trinajstić information content (AvgIpc) is 2.41. The summed E-state index contributed by atoms with van der Waals surface area (Å²) in [5.41, 5.74) is 3.45. The molecule has 0 bridgehead atoms. The van der Waals surface area contributed by atoms with Gasteiger partial charge in [0, 0.05) is 29.4 Å². The van der Waals surface area contributed by atoms with E-state index in [0.717, 1.165) is 22.7 Å². The van der Waals surface area contributed by atoms with E-state index in [1.54, 1.807) is 0 Å². The molecule has 3 heteroatoms. The molecule has 0 saturated carbocycles. The molecule has 1 N–H and O–H groups in total. The van der Waals surface area contributed by atoms with E-state index in [1.165, 1.54) is 5.56 Å². The number of pyridine rings is 1. The Morgan fingerprint density at radius 3 is 2.72 bits per heavy atom. The molecular weight excluding hydrogens is 244 g/mol. The van der Waals surface area contributed by atoms with Gasteiger partial charge >= 0.3 is 0 Å². The van der Waals surface area contributed by atoms with Crippen molar-refractivity contribution in [2.75, 3.05) is 7.05 Å². The zero-order chi connectivity index (χ0) is 13.0. The predicted octanol–water partition coefficient (Wildman–Crippen LogP) is 3.55. The van der Waals surface area contributed by atoms with Crippen molar-refractivity contribution in [2.24, 2.45) is 0 Å². The molecule has 0 aliphatic heterocycles. The quantitative estimate of drug-likeness (QED) is 0.910. The summed E-state index contributed by atoms with van der Waals surface area (Å²) < 4.78 is 0. The molecule has 1 aromatic carbocycles. The largest absolute Gasteiger partial charge is 0.313 e. The molecule has 1 atom stereocenters. The van der Waals surface area contributed by atoms with Crippen molar-refractivity contribution in [3.8, 4) is 0 Å². The maximum atomic E-state index is 6.17. The Morgan fingerprint density at radius 2 is 2.06 bits per heavy atom. The van der Waals surface area contributed by atoms with Crippen LogP contribution in [0.1, 0.15) is 22.9 Å². The maximum absolute atomic E-state index is 6.17. The highest BCUT2D eigenvalue weighted by Gasteiger charge is 2.14. The molecule has 0 amide bonds. The second kappa shape index (κ2) is 5.98. The molecule has 1 aromatic heterocycles. The molecule has 1 unspecified atom stereocenters. The normalized spacial score (nSPS) is 12.4. The first-order valence-electron chi connectivity index (χ1n) is 6.04. The summed E-state index contributed by atoms with van der Waals surface area (Å²) in [7, 11) is 1.97. The Hall–Kier alpha value is -1.38. The van der Waals surface area contributed by atoms with Crippen LogP contribution in [-0.2, 0) is 6.42 Å². The molecule has 2 nitrogen and oxygen atoms in total. The Morgan fingerprint density at radius 1 is 1.22 bits per heavy atom. The molecule has 1 heterocycles. The lowest BCUT2D eigenvalue weighted by atomic mass is 9.97. The van der Waals surface area contributed by atoms with Gasteiger partial charge in [-0.05, 0) is 43.3 Å². The summed E-state index contributed by atoms with van der Waals surface area (Å²) in [6.07, 6.45) is 2.69. The number of hydrogen-bond donors (Lipinski definition) is 1. The topological polar surface area (TPSA) is 24.9 Å². The highest BCUT2D eigenvalue weighted by Crippen LogP contribution is 2.25. The lowest BCUT2D eigenvalue weighted by Crippen LogP contribution is -2.20. The lowest BCUT2D eigenvalue weighted by molar-refractivity contribution is 0.581. The van der Waals surface area contributed by atoms with Gasteiger partial charge in [-0.25, -0.2) is 0 Å². The summed E-state index contributed by atoms with van der Waals surface area (Å²) in [5.74, 6) is 0. The van der Waals surface area contributed by atoms with Gasteiger partial charge in [-0.15, -0.1) is 0 Å². The first kappa shape index (κ1) is 13.1. The smallest absolute Gasteiger partial charge is 0.0438 e. The molecule has 94 valence electrons. The van der Waals surface area contributed by atoms with E-state index in [2.05, 4.69) is 23.3 Å². The summed E-state index contributed by atoms with van der Waals surface area (Å²) in [5, 5.41) is 4.15. The third-order valence-electron chi connectivity index (χ3n) is 3.17. The number of hydrogen-bond acceptors (Lipinski definition) is 2. The van der Waals surface area contributed by atoms with Gasteiger partial charge in [-0.3, -0.25) is 4.98 Å². The van der Waals surface area contributed by atoms with Gasteiger partial charge in [-0.1, -0.05) is 29.8 Å². The summed E-state index contributed by atoms with van der Waals surface area (Å²) in [6.45, 7) is 2.06. The number of nitrogens with one attached hydrogen (secondary N) is 1. The van der Waals surface area contributed by atoms with E-state index in [1.807, 2.05) is 43.6 Å².